The average molecular weight is 272 g/mol. The molecule has 0 aliphatic heterocycles. The summed E-state index contributed by atoms with van der Waals surface area (Å²) in [6.07, 6.45) is 5.82. The Morgan fingerprint density at radius 1 is 1.11 bits per heavy atom. The van der Waals surface area contributed by atoms with Crippen molar-refractivity contribution in [3.63, 3.8) is 0 Å². The monoisotopic (exact) mass is 272 g/mol. The van der Waals surface area contributed by atoms with Gasteiger partial charge in [-0.2, -0.15) is 0 Å². The van der Waals surface area contributed by atoms with Crippen LogP contribution in [0.25, 0.3) is 0 Å². The maximum atomic E-state index is 13.1. The van der Waals surface area contributed by atoms with Gasteiger partial charge in [-0.1, -0.05) is 0 Å². The molecule has 0 radical (unpaired) electrons. The molecular weight excluding hydrogens is 250 g/mol. The molecule has 0 atom stereocenters. The second-order valence-corrected chi connectivity index (χ2v) is 6.73. The molecule has 0 heterocycles. The van der Waals surface area contributed by atoms with Gasteiger partial charge in [0.05, 0.1) is 13.1 Å². The molecule has 0 saturated heterocycles. The van der Waals surface area contributed by atoms with Gasteiger partial charge in [0.1, 0.15) is 0 Å². The first-order chi connectivity index (χ1) is 8.98. The first-order valence-electron chi connectivity index (χ1n) is 7.34. The number of rotatable bonds is 4. The standard InChI is InChI=1S/C14H22F2N2O/c15-14(16,6-17)7-18-13(19)12-10-2-8-1-9(4-10)5-11(12)3-8/h8-12H,1-7,17H2,(H,18,19). The van der Waals surface area contributed by atoms with Crippen molar-refractivity contribution in [3.8, 4) is 0 Å². The third kappa shape index (κ3) is 2.49. The fourth-order valence-corrected chi connectivity index (χ4v) is 4.76. The Morgan fingerprint density at radius 3 is 2.11 bits per heavy atom. The largest absolute Gasteiger partial charge is 0.350 e. The molecule has 5 heteroatoms. The Kier molecular flexibility index (Phi) is 3.28. The van der Waals surface area contributed by atoms with Crippen LogP contribution < -0.4 is 11.1 Å². The lowest BCUT2D eigenvalue weighted by molar-refractivity contribution is -0.139. The first kappa shape index (κ1) is 13.3. The number of amides is 1. The molecule has 4 rings (SSSR count). The van der Waals surface area contributed by atoms with E-state index >= 15 is 0 Å². The zero-order valence-corrected chi connectivity index (χ0v) is 11.1. The van der Waals surface area contributed by atoms with E-state index in [4.69, 9.17) is 5.73 Å². The van der Waals surface area contributed by atoms with Crippen molar-refractivity contribution in [2.45, 2.75) is 38.0 Å². The highest BCUT2D eigenvalue weighted by atomic mass is 19.3. The number of carbonyl (C=O) groups is 1. The summed E-state index contributed by atoms with van der Waals surface area (Å²) in [6, 6.07) is 0. The lowest BCUT2D eigenvalue weighted by Crippen LogP contribution is -2.52. The maximum absolute atomic E-state index is 13.1. The van der Waals surface area contributed by atoms with Gasteiger partial charge in [0.2, 0.25) is 5.91 Å². The van der Waals surface area contributed by atoms with Gasteiger partial charge in [-0.05, 0) is 55.8 Å². The van der Waals surface area contributed by atoms with E-state index in [0.717, 1.165) is 37.5 Å². The predicted octanol–water partition coefficient (Wildman–Crippen LogP) is 1.77. The molecule has 4 saturated carbocycles. The van der Waals surface area contributed by atoms with Gasteiger partial charge in [-0.25, -0.2) is 8.78 Å². The molecule has 0 aromatic heterocycles. The van der Waals surface area contributed by atoms with E-state index in [0.29, 0.717) is 11.8 Å². The quantitative estimate of drug-likeness (QED) is 0.819. The summed E-state index contributed by atoms with van der Waals surface area (Å²) < 4.78 is 26.2. The van der Waals surface area contributed by atoms with Crippen molar-refractivity contribution >= 4 is 5.91 Å². The second-order valence-electron chi connectivity index (χ2n) is 6.73. The van der Waals surface area contributed by atoms with E-state index in [1.807, 2.05) is 0 Å². The highest BCUT2D eigenvalue weighted by Gasteiger charge is 2.50. The Bertz CT molecular complexity index is 344. The number of nitrogens with two attached hydrogens (primary N) is 1. The minimum atomic E-state index is -2.98. The number of hydrogen-bond acceptors (Lipinski definition) is 2. The summed E-state index contributed by atoms with van der Waals surface area (Å²) in [4.78, 5) is 12.2. The molecule has 3 N–H and O–H groups in total. The molecule has 108 valence electrons. The van der Waals surface area contributed by atoms with E-state index in [1.54, 1.807) is 0 Å². The average Bonchev–Trinajstić information content (AvgIpc) is 2.35. The van der Waals surface area contributed by atoms with Gasteiger partial charge in [0.15, 0.2) is 0 Å². The summed E-state index contributed by atoms with van der Waals surface area (Å²) >= 11 is 0. The third-order valence-electron chi connectivity index (χ3n) is 5.35. The zero-order valence-electron chi connectivity index (χ0n) is 11.1. The van der Waals surface area contributed by atoms with Crippen molar-refractivity contribution in [1.29, 1.82) is 0 Å². The van der Waals surface area contributed by atoms with Gasteiger partial charge in [-0.15, -0.1) is 0 Å². The molecule has 0 unspecified atom stereocenters. The zero-order chi connectivity index (χ0) is 13.6. The molecule has 3 nitrogen and oxygen atoms in total. The second kappa shape index (κ2) is 4.69. The predicted molar refractivity (Wildman–Crippen MR) is 67.5 cm³/mol. The van der Waals surface area contributed by atoms with Crippen molar-refractivity contribution in [3.05, 3.63) is 0 Å². The van der Waals surface area contributed by atoms with Crippen LogP contribution in [0.1, 0.15) is 32.1 Å². The van der Waals surface area contributed by atoms with Crippen LogP contribution in [0.5, 0.6) is 0 Å². The molecule has 4 aliphatic carbocycles. The maximum Gasteiger partial charge on any atom is 0.277 e. The van der Waals surface area contributed by atoms with Gasteiger partial charge in [0, 0.05) is 5.92 Å². The van der Waals surface area contributed by atoms with Crippen LogP contribution >= 0.6 is 0 Å². The number of alkyl halides is 2. The van der Waals surface area contributed by atoms with Crippen LogP contribution in [0.2, 0.25) is 0 Å². The molecule has 19 heavy (non-hydrogen) atoms. The first-order valence-corrected chi connectivity index (χ1v) is 7.34. The van der Waals surface area contributed by atoms with E-state index in [9.17, 15) is 13.6 Å². The SMILES string of the molecule is NCC(F)(F)CNC(=O)C1C2CC3CC(C2)CC1C3. The Balaban J connectivity index is 1.61. The molecule has 0 aromatic carbocycles. The lowest BCUT2D eigenvalue weighted by Gasteiger charge is -2.53. The van der Waals surface area contributed by atoms with E-state index in [2.05, 4.69) is 5.32 Å². The highest BCUT2D eigenvalue weighted by molar-refractivity contribution is 5.79. The Hall–Kier alpha value is -0.710. The van der Waals surface area contributed by atoms with Gasteiger partial charge in [-0.3, -0.25) is 4.79 Å². The highest BCUT2D eigenvalue weighted by Crippen LogP contribution is 2.56. The fourth-order valence-electron chi connectivity index (χ4n) is 4.76. The normalized spacial score (nSPS) is 40.5. The molecule has 0 aromatic rings. The fraction of sp³-hybridized carbons (Fsp3) is 0.929. The van der Waals surface area contributed by atoms with Crippen molar-refractivity contribution in [2.75, 3.05) is 13.1 Å². The molecule has 0 spiro atoms. The van der Waals surface area contributed by atoms with Crippen LogP contribution in [0, 0.1) is 29.6 Å². The smallest absolute Gasteiger partial charge is 0.277 e. The number of carbonyl (C=O) groups excluding carboxylic acids is 1. The minimum absolute atomic E-state index is 0.0265. The summed E-state index contributed by atoms with van der Waals surface area (Å²) in [5, 5.41) is 2.43. The van der Waals surface area contributed by atoms with Crippen LogP contribution in [0.15, 0.2) is 0 Å². The van der Waals surface area contributed by atoms with Crippen molar-refractivity contribution < 1.29 is 13.6 Å². The lowest BCUT2D eigenvalue weighted by atomic mass is 9.51. The van der Waals surface area contributed by atoms with Crippen LogP contribution in [0.3, 0.4) is 0 Å². The van der Waals surface area contributed by atoms with Crippen LogP contribution in [0.4, 0.5) is 8.78 Å². The summed E-state index contributed by atoms with van der Waals surface area (Å²) in [7, 11) is 0. The minimum Gasteiger partial charge on any atom is -0.350 e. The van der Waals surface area contributed by atoms with E-state index in [-0.39, 0.29) is 11.8 Å². The molecule has 4 bridgehead atoms. The summed E-state index contributed by atoms with van der Waals surface area (Å²) in [6.45, 7) is -1.33. The molecule has 4 aliphatic rings. The molecule has 1 amide bonds. The van der Waals surface area contributed by atoms with Crippen LogP contribution in [-0.4, -0.2) is 24.9 Å². The number of nitrogens with one attached hydrogen (secondary N) is 1. The van der Waals surface area contributed by atoms with Crippen molar-refractivity contribution in [2.24, 2.45) is 35.3 Å². The van der Waals surface area contributed by atoms with Crippen LogP contribution in [-0.2, 0) is 4.79 Å². The van der Waals surface area contributed by atoms with E-state index < -0.39 is 19.0 Å². The molecular formula is C14H22F2N2O. The van der Waals surface area contributed by atoms with Gasteiger partial charge in [0.25, 0.3) is 5.92 Å². The molecule has 4 fully saturated rings. The third-order valence-corrected chi connectivity index (χ3v) is 5.35. The van der Waals surface area contributed by atoms with Gasteiger partial charge >= 0.3 is 0 Å². The number of halogens is 2. The Morgan fingerprint density at radius 2 is 1.63 bits per heavy atom. The van der Waals surface area contributed by atoms with Gasteiger partial charge < -0.3 is 11.1 Å². The Labute approximate surface area is 112 Å². The topological polar surface area (TPSA) is 55.1 Å². The van der Waals surface area contributed by atoms with Crippen molar-refractivity contribution in [1.82, 2.24) is 5.32 Å². The summed E-state index contributed by atoms with van der Waals surface area (Å²) in [5.41, 5.74) is 4.99. The van der Waals surface area contributed by atoms with E-state index in [1.165, 1.54) is 6.42 Å². The number of hydrogen-bond donors (Lipinski definition) is 2. The summed E-state index contributed by atoms with van der Waals surface area (Å²) in [5.74, 6) is -0.732.